The van der Waals surface area contributed by atoms with Gasteiger partial charge in [0.2, 0.25) is 5.91 Å². The van der Waals surface area contributed by atoms with Crippen LogP contribution in [0.1, 0.15) is 46.5 Å². The van der Waals surface area contributed by atoms with Gasteiger partial charge in [-0.1, -0.05) is 13.3 Å². The van der Waals surface area contributed by atoms with Gasteiger partial charge in [-0.2, -0.15) is 0 Å². The van der Waals surface area contributed by atoms with Crippen molar-refractivity contribution in [3.63, 3.8) is 0 Å². The van der Waals surface area contributed by atoms with Crippen molar-refractivity contribution in [3.8, 4) is 0 Å². The topological polar surface area (TPSA) is 58.4 Å². The molecule has 4 nitrogen and oxygen atoms in total. The molecule has 0 aromatic heterocycles. The van der Waals surface area contributed by atoms with E-state index in [0.29, 0.717) is 12.6 Å². The number of rotatable bonds is 8. The lowest BCUT2D eigenvalue weighted by molar-refractivity contribution is -0.126. The van der Waals surface area contributed by atoms with E-state index in [1.54, 1.807) is 0 Å². The Morgan fingerprint density at radius 2 is 2.12 bits per heavy atom. The lowest BCUT2D eigenvalue weighted by Gasteiger charge is -2.28. The normalized spacial score (nSPS) is 19.1. The minimum Gasteiger partial charge on any atom is -0.352 e. The fraction of sp³-hybridized carbons (Fsp3) is 0.923. The number of nitrogens with two attached hydrogens (primary N) is 1. The summed E-state index contributed by atoms with van der Waals surface area (Å²) in [6.45, 7) is 7.64. The molecular formula is C13H27N3O. The van der Waals surface area contributed by atoms with E-state index in [-0.39, 0.29) is 18.0 Å². The highest BCUT2D eigenvalue weighted by atomic mass is 16.2. The van der Waals surface area contributed by atoms with E-state index in [1.807, 2.05) is 6.92 Å². The quantitative estimate of drug-likeness (QED) is 0.669. The van der Waals surface area contributed by atoms with Gasteiger partial charge in [-0.05, 0) is 33.1 Å². The number of carbonyl (C=O) groups is 1. The molecule has 1 aliphatic rings. The molecule has 2 unspecified atom stereocenters. The summed E-state index contributed by atoms with van der Waals surface area (Å²) in [4.78, 5) is 14.3. The van der Waals surface area contributed by atoms with Crippen LogP contribution in [-0.4, -0.2) is 42.0 Å². The maximum absolute atomic E-state index is 12.1. The van der Waals surface area contributed by atoms with Crippen molar-refractivity contribution in [2.45, 2.75) is 64.6 Å². The molecule has 0 saturated heterocycles. The summed E-state index contributed by atoms with van der Waals surface area (Å²) in [6, 6.07) is 0.806. The molecule has 0 aromatic rings. The fourth-order valence-corrected chi connectivity index (χ4v) is 2.27. The second-order valence-electron chi connectivity index (χ2n) is 5.13. The molecule has 0 radical (unpaired) electrons. The van der Waals surface area contributed by atoms with Gasteiger partial charge >= 0.3 is 0 Å². The molecule has 4 heteroatoms. The lowest BCUT2D eigenvalue weighted by atomic mass is 10.1. The maximum Gasteiger partial charge on any atom is 0.237 e. The van der Waals surface area contributed by atoms with E-state index in [1.165, 1.54) is 12.8 Å². The number of amides is 1. The van der Waals surface area contributed by atoms with Crippen molar-refractivity contribution >= 4 is 5.91 Å². The zero-order valence-corrected chi connectivity index (χ0v) is 11.4. The molecule has 2 atom stereocenters. The first-order valence-electron chi connectivity index (χ1n) is 6.86. The summed E-state index contributed by atoms with van der Waals surface area (Å²) in [5.41, 5.74) is 5.61. The molecule has 0 spiro atoms. The Labute approximate surface area is 105 Å². The molecule has 3 N–H and O–H groups in total. The molecule has 17 heavy (non-hydrogen) atoms. The van der Waals surface area contributed by atoms with Gasteiger partial charge in [0.15, 0.2) is 0 Å². The van der Waals surface area contributed by atoms with Gasteiger partial charge in [-0.15, -0.1) is 0 Å². The molecule has 1 aliphatic carbocycles. The smallest absolute Gasteiger partial charge is 0.237 e. The third kappa shape index (κ3) is 4.64. The zero-order chi connectivity index (χ0) is 12.8. The molecule has 1 saturated carbocycles. The van der Waals surface area contributed by atoms with Crippen LogP contribution in [0, 0.1) is 0 Å². The van der Waals surface area contributed by atoms with Crippen molar-refractivity contribution in [1.29, 1.82) is 0 Å². The van der Waals surface area contributed by atoms with Crippen LogP contribution in [0.2, 0.25) is 0 Å². The second-order valence-corrected chi connectivity index (χ2v) is 5.13. The van der Waals surface area contributed by atoms with Gasteiger partial charge < -0.3 is 11.1 Å². The minimum atomic E-state index is -0.0506. The van der Waals surface area contributed by atoms with Crippen LogP contribution in [0.3, 0.4) is 0 Å². The molecule has 0 bridgehead atoms. The summed E-state index contributed by atoms with van der Waals surface area (Å²) in [6.07, 6.45) is 4.56. The molecule has 1 amide bonds. The SMILES string of the molecule is CCCC(C)NC(=O)C(C)N(CCN)C1CC1. The monoisotopic (exact) mass is 241 g/mol. The Balaban J connectivity index is 2.42. The van der Waals surface area contributed by atoms with E-state index in [9.17, 15) is 4.79 Å². The Bertz CT molecular complexity index is 241. The zero-order valence-electron chi connectivity index (χ0n) is 11.4. The fourth-order valence-electron chi connectivity index (χ4n) is 2.27. The highest BCUT2D eigenvalue weighted by Crippen LogP contribution is 2.28. The van der Waals surface area contributed by atoms with Crippen molar-refractivity contribution in [2.24, 2.45) is 5.73 Å². The van der Waals surface area contributed by atoms with Gasteiger partial charge in [0.25, 0.3) is 0 Å². The predicted molar refractivity (Wildman–Crippen MR) is 70.8 cm³/mol. The highest BCUT2D eigenvalue weighted by Gasteiger charge is 2.34. The van der Waals surface area contributed by atoms with Crippen LogP contribution in [-0.2, 0) is 4.79 Å². The summed E-state index contributed by atoms with van der Waals surface area (Å²) in [5, 5.41) is 3.08. The third-order valence-electron chi connectivity index (χ3n) is 3.39. The van der Waals surface area contributed by atoms with Gasteiger partial charge in [-0.25, -0.2) is 0 Å². The van der Waals surface area contributed by atoms with Crippen LogP contribution in [0.5, 0.6) is 0 Å². The Hall–Kier alpha value is -0.610. The van der Waals surface area contributed by atoms with E-state index >= 15 is 0 Å². The van der Waals surface area contributed by atoms with Gasteiger partial charge in [-0.3, -0.25) is 9.69 Å². The Kier molecular flexibility index (Phi) is 5.92. The number of hydrogen-bond donors (Lipinski definition) is 2. The number of hydrogen-bond acceptors (Lipinski definition) is 3. The first-order valence-corrected chi connectivity index (χ1v) is 6.86. The lowest BCUT2D eigenvalue weighted by Crippen LogP contribution is -2.49. The van der Waals surface area contributed by atoms with E-state index < -0.39 is 0 Å². The van der Waals surface area contributed by atoms with Crippen molar-refractivity contribution in [1.82, 2.24) is 10.2 Å². The first kappa shape index (κ1) is 14.5. The van der Waals surface area contributed by atoms with Gasteiger partial charge in [0.05, 0.1) is 6.04 Å². The Morgan fingerprint density at radius 1 is 1.47 bits per heavy atom. The number of nitrogens with one attached hydrogen (secondary N) is 1. The van der Waals surface area contributed by atoms with E-state index in [4.69, 9.17) is 5.73 Å². The molecule has 100 valence electrons. The van der Waals surface area contributed by atoms with Crippen LogP contribution in [0.15, 0.2) is 0 Å². The predicted octanol–water partition coefficient (Wildman–Crippen LogP) is 1.10. The van der Waals surface area contributed by atoms with Crippen LogP contribution in [0.4, 0.5) is 0 Å². The summed E-state index contributed by atoms with van der Waals surface area (Å²) >= 11 is 0. The van der Waals surface area contributed by atoms with Crippen molar-refractivity contribution in [3.05, 3.63) is 0 Å². The maximum atomic E-state index is 12.1. The minimum absolute atomic E-state index is 0.0506. The molecule has 0 aliphatic heterocycles. The summed E-state index contributed by atoms with van der Waals surface area (Å²) < 4.78 is 0. The van der Waals surface area contributed by atoms with Gasteiger partial charge in [0, 0.05) is 25.2 Å². The van der Waals surface area contributed by atoms with Crippen LogP contribution >= 0.6 is 0 Å². The molecule has 1 fully saturated rings. The molecule has 0 heterocycles. The number of nitrogens with zero attached hydrogens (tertiary/aromatic N) is 1. The van der Waals surface area contributed by atoms with Gasteiger partial charge in [0.1, 0.15) is 0 Å². The third-order valence-corrected chi connectivity index (χ3v) is 3.39. The first-order chi connectivity index (χ1) is 8.10. The summed E-state index contributed by atoms with van der Waals surface area (Å²) in [7, 11) is 0. The van der Waals surface area contributed by atoms with E-state index in [2.05, 4.69) is 24.1 Å². The molecule has 1 rings (SSSR count). The van der Waals surface area contributed by atoms with Crippen molar-refractivity contribution < 1.29 is 4.79 Å². The Morgan fingerprint density at radius 3 is 2.59 bits per heavy atom. The standard InChI is InChI=1S/C13H27N3O/c1-4-5-10(2)15-13(17)11(3)16(9-8-14)12-6-7-12/h10-12H,4-9,14H2,1-3H3,(H,15,17). The highest BCUT2D eigenvalue weighted by molar-refractivity contribution is 5.81. The van der Waals surface area contributed by atoms with Crippen LogP contribution < -0.4 is 11.1 Å². The second kappa shape index (κ2) is 6.97. The average molecular weight is 241 g/mol. The summed E-state index contributed by atoms with van der Waals surface area (Å²) in [5.74, 6) is 0.145. The van der Waals surface area contributed by atoms with E-state index in [0.717, 1.165) is 19.4 Å². The average Bonchev–Trinajstić information content (AvgIpc) is 3.09. The molecular weight excluding hydrogens is 214 g/mol. The molecule has 0 aromatic carbocycles. The van der Waals surface area contributed by atoms with Crippen LogP contribution in [0.25, 0.3) is 0 Å². The number of carbonyl (C=O) groups excluding carboxylic acids is 1. The largest absolute Gasteiger partial charge is 0.352 e. The van der Waals surface area contributed by atoms with Crippen molar-refractivity contribution in [2.75, 3.05) is 13.1 Å².